The molecule has 4 heteroatoms. The van der Waals surface area contributed by atoms with Crippen LogP contribution in [0.2, 0.25) is 0 Å². The molecular weight excluding hydrogens is 286 g/mol. The molecule has 0 fully saturated rings. The Labute approximate surface area is 133 Å². The second-order valence-electron chi connectivity index (χ2n) is 5.92. The molecular formula is C19H17N3O. The summed E-state index contributed by atoms with van der Waals surface area (Å²) in [7, 11) is 0. The number of furan rings is 1. The first-order valence-electron chi connectivity index (χ1n) is 7.64. The molecule has 0 saturated carbocycles. The Bertz CT molecular complexity index is 1000. The summed E-state index contributed by atoms with van der Waals surface area (Å²) in [6.45, 7) is 4.02. The molecule has 0 radical (unpaired) electrons. The van der Waals surface area contributed by atoms with Gasteiger partial charge in [0.05, 0.1) is 6.20 Å². The van der Waals surface area contributed by atoms with Gasteiger partial charge in [-0.15, -0.1) is 5.10 Å². The normalized spacial score (nSPS) is 12.8. The largest absolute Gasteiger partial charge is 0.453 e. The quantitative estimate of drug-likeness (QED) is 0.597. The van der Waals surface area contributed by atoms with Crippen molar-refractivity contribution in [1.29, 1.82) is 0 Å². The molecule has 0 unspecified atom stereocenters. The SMILES string of the molecule is Cc1cc([C@@H](C)N)c2oc3c(-c4ccccc4)cnnc3c2c1. The van der Waals surface area contributed by atoms with Gasteiger partial charge in [0.25, 0.3) is 0 Å². The van der Waals surface area contributed by atoms with Crippen molar-refractivity contribution in [3.05, 3.63) is 59.8 Å². The molecule has 114 valence electrons. The molecule has 2 aromatic heterocycles. The van der Waals surface area contributed by atoms with Crippen LogP contribution in [0.4, 0.5) is 0 Å². The first kappa shape index (κ1) is 13.9. The summed E-state index contributed by atoms with van der Waals surface area (Å²) < 4.78 is 6.20. The third-order valence-corrected chi connectivity index (χ3v) is 4.10. The average molecular weight is 303 g/mol. The summed E-state index contributed by atoms with van der Waals surface area (Å²) in [6, 6.07) is 14.1. The molecule has 0 aliphatic rings. The van der Waals surface area contributed by atoms with Crippen molar-refractivity contribution in [2.45, 2.75) is 19.9 Å². The minimum atomic E-state index is -0.105. The van der Waals surface area contributed by atoms with Gasteiger partial charge in [0, 0.05) is 22.6 Å². The first-order valence-corrected chi connectivity index (χ1v) is 7.64. The Morgan fingerprint density at radius 3 is 2.61 bits per heavy atom. The van der Waals surface area contributed by atoms with E-state index >= 15 is 0 Å². The molecule has 2 heterocycles. The van der Waals surface area contributed by atoms with Gasteiger partial charge in [-0.25, -0.2) is 0 Å². The Morgan fingerprint density at radius 1 is 1.09 bits per heavy atom. The van der Waals surface area contributed by atoms with Gasteiger partial charge in [0.1, 0.15) is 11.1 Å². The summed E-state index contributed by atoms with van der Waals surface area (Å²) in [5, 5.41) is 9.46. The fourth-order valence-electron chi connectivity index (χ4n) is 3.01. The van der Waals surface area contributed by atoms with Crippen LogP contribution in [0.3, 0.4) is 0 Å². The summed E-state index contributed by atoms with van der Waals surface area (Å²) in [6.07, 6.45) is 1.75. The highest BCUT2D eigenvalue weighted by molar-refractivity contribution is 6.08. The van der Waals surface area contributed by atoms with Gasteiger partial charge in [0.2, 0.25) is 0 Å². The lowest BCUT2D eigenvalue weighted by molar-refractivity contribution is 0.653. The summed E-state index contributed by atoms with van der Waals surface area (Å²) in [4.78, 5) is 0. The zero-order chi connectivity index (χ0) is 16.0. The number of nitrogens with zero attached hydrogens (tertiary/aromatic N) is 2. The van der Waals surface area contributed by atoms with Gasteiger partial charge < -0.3 is 10.2 Å². The van der Waals surface area contributed by atoms with E-state index in [1.54, 1.807) is 6.20 Å². The number of benzene rings is 2. The lowest BCUT2D eigenvalue weighted by Gasteiger charge is -2.07. The monoisotopic (exact) mass is 303 g/mol. The van der Waals surface area contributed by atoms with E-state index in [-0.39, 0.29) is 6.04 Å². The van der Waals surface area contributed by atoms with Gasteiger partial charge in [0.15, 0.2) is 5.58 Å². The fraction of sp³-hybridized carbons (Fsp3) is 0.158. The van der Waals surface area contributed by atoms with E-state index < -0.39 is 0 Å². The van der Waals surface area contributed by atoms with Crippen molar-refractivity contribution >= 4 is 22.1 Å². The predicted octanol–water partition coefficient (Wildman–Crippen LogP) is 4.37. The van der Waals surface area contributed by atoms with E-state index in [1.807, 2.05) is 37.3 Å². The third kappa shape index (κ3) is 2.19. The van der Waals surface area contributed by atoms with E-state index in [2.05, 4.69) is 29.3 Å². The van der Waals surface area contributed by atoms with E-state index in [0.717, 1.165) is 44.3 Å². The standard InChI is InChI=1S/C19H17N3O/c1-11-8-14(12(2)20)18-15(9-11)17-19(23-18)16(10-21-22-17)13-6-4-3-5-7-13/h3-10,12H,20H2,1-2H3/t12-/m1/s1. The number of fused-ring (bicyclic) bond motifs is 3. The van der Waals surface area contributed by atoms with Gasteiger partial charge >= 0.3 is 0 Å². The van der Waals surface area contributed by atoms with Crippen LogP contribution in [0.25, 0.3) is 33.2 Å². The molecule has 4 nitrogen and oxygen atoms in total. The Hall–Kier alpha value is -2.72. The number of hydrogen-bond acceptors (Lipinski definition) is 4. The average Bonchev–Trinajstić information content (AvgIpc) is 2.93. The molecule has 0 saturated heterocycles. The number of aryl methyl sites for hydroxylation is 1. The van der Waals surface area contributed by atoms with Gasteiger partial charge in [-0.1, -0.05) is 36.4 Å². The van der Waals surface area contributed by atoms with E-state index in [0.29, 0.717) is 0 Å². The van der Waals surface area contributed by atoms with Gasteiger partial charge in [-0.3, -0.25) is 0 Å². The number of nitrogens with two attached hydrogens (primary N) is 1. The van der Waals surface area contributed by atoms with Crippen molar-refractivity contribution in [1.82, 2.24) is 10.2 Å². The Kier molecular flexibility index (Phi) is 3.13. The number of hydrogen-bond donors (Lipinski definition) is 1. The van der Waals surface area contributed by atoms with Crippen LogP contribution in [-0.4, -0.2) is 10.2 Å². The highest BCUT2D eigenvalue weighted by Crippen LogP contribution is 2.36. The van der Waals surface area contributed by atoms with Gasteiger partial charge in [-0.05, 0) is 31.0 Å². The van der Waals surface area contributed by atoms with Crippen LogP contribution in [0.5, 0.6) is 0 Å². The van der Waals surface area contributed by atoms with Crippen molar-refractivity contribution in [3.8, 4) is 11.1 Å². The molecule has 4 rings (SSSR count). The zero-order valence-electron chi connectivity index (χ0n) is 13.1. The van der Waals surface area contributed by atoms with Crippen molar-refractivity contribution in [2.75, 3.05) is 0 Å². The van der Waals surface area contributed by atoms with Crippen LogP contribution in [0.1, 0.15) is 24.1 Å². The van der Waals surface area contributed by atoms with Crippen molar-refractivity contribution in [3.63, 3.8) is 0 Å². The maximum Gasteiger partial charge on any atom is 0.165 e. The minimum Gasteiger partial charge on any atom is -0.453 e. The maximum atomic E-state index is 6.20. The molecule has 0 aliphatic carbocycles. The predicted molar refractivity (Wildman–Crippen MR) is 92.1 cm³/mol. The van der Waals surface area contributed by atoms with Crippen LogP contribution >= 0.6 is 0 Å². The maximum absolute atomic E-state index is 6.20. The van der Waals surface area contributed by atoms with Crippen LogP contribution in [0.15, 0.2) is 53.1 Å². The molecule has 2 aromatic carbocycles. The second-order valence-corrected chi connectivity index (χ2v) is 5.92. The molecule has 0 amide bonds. The molecule has 1 atom stereocenters. The first-order chi connectivity index (χ1) is 11.1. The van der Waals surface area contributed by atoms with Crippen molar-refractivity contribution < 1.29 is 4.42 Å². The van der Waals surface area contributed by atoms with Crippen LogP contribution in [0, 0.1) is 6.92 Å². The molecule has 23 heavy (non-hydrogen) atoms. The van der Waals surface area contributed by atoms with E-state index in [1.165, 1.54) is 0 Å². The van der Waals surface area contributed by atoms with Gasteiger partial charge in [-0.2, -0.15) is 5.10 Å². The molecule has 0 spiro atoms. The van der Waals surface area contributed by atoms with Crippen LogP contribution in [-0.2, 0) is 0 Å². The van der Waals surface area contributed by atoms with Crippen molar-refractivity contribution in [2.24, 2.45) is 5.73 Å². The summed E-state index contributed by atoms with van der Waals surface area (Å²) in [5.41, 5.74) is 12.6. The lowest BCUT2D eigenvalue weighted by Crippen LogP contribution is -2.05. The highest BCUT2D eigenvalue weighted by Gasteiger charge is 2.18. The van der Waals surface area contributed by atoms with Crippen LogP contribution < -0.4 is 5.73 Å². The second kappa shape index (κ2) is 5.18. The van der Waals surface area contributed by atoms with E-state index in [4.69, 9.17) is 10.2 Å². The third-order valence-electron chi connectivity index (χ3n) is 4.10. The lowest BCUT2D eigenvalue weighted by atomic mass is 10.0. The topological polar surface area (TPSA) is 64.9 Å². The Morgan fingerprint density at radius 2 is 1.87 bits per heavy atom. The molecule has 2 N–H and O–H groups in total. The molecule has 0 aliphatic heterocycles. The summed E-state index contributed by atoms with van der Waals surface area (Å²) in [5.74, 6) is 0. The van der Waals surface area contributed by atoms with E-state index in [9.17, 15) is 0 Å². The Balaban J connectivity index is 2.12. The number of aromatic nitrogens is 2. The molecule has 0 bridgehead atoms. The minimum absolute atomic E-state index is 0.105. The zero-order valence-corrected chi connectivity index (χ0v) is 13.1. The highest BCUT2D eigenvalue weighted by atomic mass is 16.3. The molecule has 4 aromatic rings. The fourth-order valence-corrected chi connectivity index (χ4v) is 3.01. The summed E-state index contributed by atoms with van der Waals surface area (Å²) >= 11 is 0. The smallest absolute Gasteiger partial charge is 0.165 e. The number of rotatable bonds is 2.